The van der Waals surface area contributed by atoms with E-state index in [9.17, 15) is 8.42 Å². The molecule has 114 valence electrons. The first-order valence-electron chi connectivity index (χ1n) is 6.74. The van der Waals surface area contributed by atoms with Gasteiger partial charge in [-0.1, -0.05) is 25.8 Å². The molecule has 0 aliphatic carbocycles. The lowest BCUT2D eigenvalue weighted by Gasteiger charge is -2.16. The van der Waals surface area contributed by atoms with Crippen LogP contribution >= 0.6 is 0 Å². The quantitative estimate of drug-likeness (QED) is 0.770. The van der Waals surface area contributed by atoms with Crippen LogP contribution in [0.2, 0.25) is 0 Å². The van der Waals surface area contributed by atoms with Crippen LogP contribution in [0, 0.1) is 0 Å². The van der Waals surface area contributed by atoms with Crippen molar-refractivity contribution in [1.82, 2.24) is 4.72 Å². The van der Waals surface area contributed by atoms with Crippen LogP contribution in [0.3, 0.4) is 0 Å². The van der Waals surface area contributed by atoms with Crippen LogP contribution in [0.25, 0.3) is 0 Å². The average Bonchev–Trinajstić information content (AvgIpc) is 2.43. The molecule has 0 radical (unpaired) electrons. The zero-order valence-corrected chi connectivity index (χ0v) is 13.0. The Kier molecular flexibility index (Phi) is 6.45. The summed E-state index contributed by atoms with van der Waals surface area (Å²) in [6.07, 6.45) is 2.80. The Morgan fingerprint density at radius 3 is 2.65 bits per heavy atom. The first-order chi connectivity index (χ1) is 9.44. The molecule has 1 atom stereocenters. The molecule has 0 aliphatic heterocycles. The molecule has 0 aromatic heterocycles. The number of rotatable bonds is 8. The van der Waals surface area contributed by atoms with Gasteiger partial charge in [0.15, 0.2) is 0 Å². The summed E-state index contributed by atoms with van der Waals surface area (Å²) in [6.45, 7) is 3.76. The number of hydrogen-bond acceptors (Lipinski definition) is 4. The smallest absolute Gasteiger partial charge is 0.244 e. The minimum atomic E-state index is -3.61. The van der Waals surface area contributed by atoms with Crippen molar-refractivity contribution in [2.24, 2.45) is 0 Å². The van der Waals surface area contributed by atoms with E-state index < -0.39 is 10.0 Å². The highest BCUT2D eigenvalue weighted by Crippen LogP contribution is 2.25. The monoisotopic (exact) mass is 301 g/mol. The minimum Gasteiger partial charge on any atom is -0.495 e. The average molecular weight is 301 g/mol. The number of ether oxygens (including phenoxy) is 1. The summed E-state index contributed by atoms with van der Waals surface area (Å²) in [5.74, 6) is 0.242. The molecule has 1 aromatic rings. The van der Waals surface area contributed by atoms with Gasteiger partial charge in [0.05, 0.1) is 13.7 Å². The molecule has 1 rings (SSSR count). The highest BCUT2D eigenvalue weighted by atomic mass is 32.2. The molecule has 0 fully saturated rings. The summed E-state index contributed by atoms with van der Waals surface area (Å²) in [7, 11) is -2.20. The third-order valence-electron chi connectivity index (χ3n) is 3.05. The molecule has 0 amide bonds. The lowest BCUT2D eigenvalue weighted by Crippen LogP contribution is -2.32. The Hall–Kier alpha value is -1.11. The van der Waals surface area contributed by atoms with Crippen molar-refractivity contribution in [2.45, 2.75) is 50.7 Å². The third kappa shape index (κ3) is 4.47. The summed E-state index contributed by atoms with van der Waals surface area (Å²) in [5, 5.41) is 9.07. The van der Waals surface area contributed by atoms with Gasteiger partial charge in [0, 0.05) is 6.04 Å². The van der Waals surface area contributed by atoms with E-state index in [1.165, 1.54) is 19.2 Å². The molecule has 0 saturated heterocycles. The van der Waals surface area contributed by atoms with E-state index in [0.717, 1.165) is 19.3 Å². The molecular formula is C14H23NO4S. The molecule has 2 N–H and O–H groups in total. The van der Waals surface area contributed by atoms with E-state index in [2.05, 4.69) is 11.6 Å². The summed E-state index contributed by atoms with van der Waals surface area (Å²) < 4.78 is 32.4. The molecular weight excluding hydrogens is 278 g/mol. The molecule has 0 heterocycles. The first kappa shape index (κ1) is 16.9. The Bertz CT molecular complexity index is 528. The third-order valence-corrected chi connectivity index (χ3v) is 4.68. The minimum absolute atomic E-state index is 0.0977. The van der Waals surface area contributed by atoms with Gasteiger partial charge in [-0.15, -0.1) is 0 Å². The lowest BCUT2D eigenvalue weighted by atomic mass is 10.2. The van der Waals surface area contributed by atoms with E-state index >= 15 is 0 Å². The van der Waals surface area contributed by atoms with Crippen molar-refractivity contribution in [2.75, 3.05) is 7.11 Å². The van der Waals surface area contributed by atoms with Gasteiger partial charge in [0.1, 0.15) is 10.6 Å². The summed E-state index contributed by atoms with van der Waals surface area (Å²) in [5.41, 5.74) is 0.611. The van der Waals surface area contributed by atoms with Crippen LogP contribution in [-0.2, 0) is 16.6 Å². The second-order valence-electron chi connectivity index (χ2n) is 4.81. The Balaban J connectivity index is 2.97. The molecule has 0 aliphatic rings. The van der Waals surface area contributed by atoms with Gasteiger partial charge < -0.3 is 9.84 Å². The van der Waals surface area contributed by atoms with Crippen molar-refractivity contribution in [3.63, 3.8) is 0 Å². The summed E-state index contributed by atoms with van der Waals surface area (Å²) in [4.78, 5) is 0.0977. The van der Waals surface area contributed by atoms with Crippen molar-refractivity contribution in [3.8, 4) is 5.75 Å². The van der Waals surface area contributed by atoms with Gasteiger partial charge in [0.2, 0.25) is 10.0 Å². The standard InChI is InChI=1S/C14H23NO4S/c1-4-5-6-11(2)15-20(17,18)14-8-7-12(10-16)9-13(14)19-3/h7-9,11,15-16H,4-6,10H2,1-3H3. The van der Waals surface area contributed by atoms with Crippen LogP contribution in [0.1, 0.15) is 38.7 Å². The highest BCUT2D eigenvalue weighted by Gasteiger charge is 2.21. The number of aliphatic hydroxyl groups is 1. The number of methoxy groups -OCH3 is 1. The second-order valence-corrected chi connectivity index (χ2v) is 6.49. The van der Waals surface area contributed by atoms with Gasteiger partial charge in [-0.25, -0.2) is 13.1 Å². The molecule has 5 nitrogen and oxygen atoms in total. The Morgan fingerprint density at radius 2 is 2.10 bits per heavy atom. The number of unbranched alkanes of at least 4 members (excludes halogenated alkanes) is 1. The molecule has 6 heteroatoms. The number of benzene rings is 1. The largest absolute Gasteiger partial charge is 0.495 e. The summed E-state index contributed by atoms with van der Waals surface area (Å²) >= 11 is 0. The zero-order chi connectivity index (χ0) is 15.2. The maximum absolute atomic E-state index is 12.3. The predicted octanol–water partition coefficient (Wildman–Crippen LogP) is 2.04. The summed E-state index contributed by atoms with van der Waals surface area (Å²) in [6, 6.07) is 4.44. The highest BCUT2D eigenvalue weighted by molar-refractivity contribution is 7.89. The van der Waals surface area contributed by atoms with Crippen LogP contribution in [0.15, 0.2) is 23.1 Å². The van der Waals surface area contributed by atoms with E-state index in [1.807, 2.05) is 6.92 Å². The van der Waals surface area contributed by atoms with E-state index in [1.54, 1.807) is 6.07 Å². The van der Waals surface area contributed by atoms with Crippen LogP contribution in [0.5, 0.6) is 5.75 Å². The molecule has 0 saturated carbocycles. The van der Waals surface area contributed by atoms with Crippen LogP contribution in [0.4, 0.5) is 0 Å². The number of sulfonamides is 1. The fourth-order valence-corrected chi connectivity index (χ4v) is 3.36. The van der Waals surface area contributed by atoms with Gasteiger partial charge in [-0.05, 0) is 31.0 Å². The van der Waals surface area contributed by atoms with Crippen molar-refractivity contribution < 1.29 is 18.3 Å². The van der Waals surface area contributed by atoms with Gasteiger partial charge >= 0.3 is 0 Å². The maximum atomic E-state index is 12.3. The van der Waals surface area contributed by atoms with E-state index in [0.29, 0.717) is 5.56 Å². The number of nitrogens with one attached hydrogen (secondary N) is 1. The van der Waals surface area contributed by atoms with Gasteiger partial charge in [-0.3, -0.25) is 0 Å². The molecule has 0 spiro atoms. The van der Waals surface area contributed by atoms with Crippen LogP contribution < -0.4 is 9.46 Å². The van der Waals surface area contributed by atoms with Gasteiger partial charge in [-0.2, -0.15) is 0 Å². The predicted molar refractivity (Wildman–Crippen MR) is 78.2 cm³/mol. The van der Waals surface area contributed by atoms with E-state index in [-0.39, 0.29) is 23.3 Å². The Morgan fingerprint density at radius 1 is 1.40 bits per heavy atom. The molecule has 20 heavy (non-hydrogen) atoms. The normalized spacial score (nSPS) is 13.2. The molecule has 1 aromatic carbocycles. The lowest BCUT2D eigenvalue weighted by molar-refractivity contribution is 0.280. The second kappa shape index (κ2) is 7.61. The fourth-order valence-electron chi connectivity index (χ4n) is 1.93. The van der Waals surface area contributed by atoms with Crippen LogP contribution in [-0.4, -0.2) is 26.7 Å². The topological polar surface area (TPSA) is 75.6 Å². The van der Waals surface area contributed by atoms with Crippen molar-refractivity contribution in [1.29, 1.82) is 0 Å². The Labute approximate surface area is 121 Å². The zero-order valence-electron chi connectivity index (χ0n) is 12.2. The van der Waals surface area contributed by atoms with Crippen molar-refractivity contribution >= 4 is 10.0 Å². The maximum Gasteiger partial charge on any atom is 0.244 e. The molecule has 0 bridgehead atoms. The number of aliphatic hydroxyl groups excluding tert-OH is 1. The van der Waals surface area contributed by atoms with Crippen molar-refractivity contribution in [3.05, 3.63) is 23.8 Å². The number of hydrogen-bond donors (Lipinski definition) is 2. The van der Waals surface area contributed by atoms with E-state index in [4.69, 9.17) is 9.84 Å². The fraction of sp³-hybridized carbons (Fsp3) is 0.571. The van der Waals surface area contributed by atoms with Gasteiger partial charge in [0.25, 0.3) is 0 Å². The molecule has 1 unspecified atom stereocenters. The first-order valence-corrected chi connectivity index (χ1v) is 8.23. The SMILES string of the molecule is CCCCC(C)NS(=O)(=O)c1ccc(CO)cc1OC.